The summed E-state index contributed by atoms with van der Waals surface area (Å²) in [5, 5.41) is 0. The predicted molar refractivity (Wildman–Crippen MR) is 189 cm³/mol. The van der Waals surface area contributed by atoms with Crippen molar-refractivity contribution in [1.29, 1.82) is 0 Å². The van der Waals surface area contributed by atoms with Crippen molar-refractivity contribution in [2.75, 3.05) is 0 Å². The predicted octanol–water partition coefficient (Wildman–Crippen LogP) is 12.9. The molecule has 236 valence electrons. The van der Waals surface area contributed by atoms with Gasteiger partial charge < -0.3 is 0 Å². The third-order valence-corrected chi connectivity index (χ3v) is 7.18. The molecule has 2 rings (SSSR count). The van der Waals surface area contributed by atoms with Crippen molar-refractivity contribution in [3.8, 4) is 11.8 Å². The molecule has 2 aromatic carbocycles. The molecule has 0 unspecified atom stereocenters. The maximum absolute atomic E-state index is 5.22. The molecule has 0 aliphatic rings. The molecule has 0 saturated heterocycles. The molecule has 0 N–H and O–H groups in total. The summed E-state index contributed by atoms with van der Waals surface area (Å²) < 4.78 is 0. The number of nitrogens with zero attached hydrogens (tertiary/aromatic N) is 2. The fourth-order valence-corrected chi connectivity index (χ4v) is 4.70. The van der Waals surface area contributed by atoms with Crippen molar-refractivity contribution in [1.82, 2.24) is 0 Å². The monoisotopic (exact) mass is 622 g/mol. The quantitative estimate of drug-likeness (QED) is 0.0607. The van der Waals surface area contributed by atoms with Gasteiger partial charge in [0, 0.05) is 22.9 Å². The molecule has 0 heterocycles. The van der Waals surface area contributed by atoms with Crippen LogP contribution in [0, 0.1) is 11.8 Å². The molecule has 0 saturated carbocycles. The van der Waals surface area contributed by atoms with E-state index in [4.69, 9.17) is 9.98 Å². The van der Waals surface area contributed by atoms with Gasteiger partial charge in [0.25, 0.3) is 0 Å². The van der Waals surface area contributed by atoms with Crippen LogP contribution in [0.1, 0.15) is 142 Å². The maximum atomic E-state index is 5.22. The van der Waals surface area contributed by atoms with Crippen LogP contribution in [0.5, 0.6) is 0 Å². The van der Waals surface area contributed by atoms with Gasteiger partial charge in [0.05, 0.1) is 17.1 Å². The van der Waals surface area contributed by atoms with E-state index in [1.165, 1.54) is 62.5 Å². The van der Waals surface area contributed by atoms with Crippen molar-refractivity contribution in [3.05, 3.63) is 71.8 Å². The Balaban J connectivity index is 0.00000924. The van der Waals surface area contributed by atoms with Gasteiger partial charge in [-0.2, -0.15) is 0 Å². The van der Waals surface area contributed by atoms with Gasteiger partial charge in [0.2, 0.25) is 0 Å². The molecule has 3 heteroatoms. The topological polar surface area (TPSA) is 24.7 Å². The summed E-state index contributed by atoms with van der Waals surface area (Å²) in [6, 6.07) is 17.0. The number of unbranched alkanes of at least 4 members (excludes halogenated alkanes) is 11. The molecule has 2 nitrogen and oxygen atoms in total. The number of benzene rings is 2. The second-order valence-corrected chi connectivity index (χ2v) is 11.2. The van der Waals surface area contributed by atoms with Gasteiger partial charge in [-0.1, -0.05) is 146 Å². The number of allylic oxidation sites excluding steroid dienone is 2. The van der Waals surface area contributed by atoms with Gasteiger partial charge in [-0.25, -0.2) is 4.99 Å². The zero-order valence-electron chi connectivity index (χ0n) is 27.5. The van der Waals surface area contributed by atoms with Gasteiger partial charge in [-0.3, -0.25) is 4.99 Å². The molecular formula is C40H56N2Ni. The van der Waals surface area contributed by atoms with Crippen molar-refractivity contribution in [2.24, 2.45) is 9.98 Å². The summed E-state index contributed by atoms with van der Waals surface area (Å²) >= 11 is 0. The minimum Gasteiger partial charge on any atom is -0.250 e. The third kappa shape index (κ3) is 17.9. The van der Waals surface area contributed by atoms with E-state index in [1.807, 2.05) is 0 Å². The summed E-state index contributed by atoms with van der Waals surface area (Å²) in [6.07, 6.45) is 27.6. The first-order valence-corrected chi connectivity index (χ1v) is 16.9. The van der Waals surface area contributed by atoms with E-state index >= 15 is 0 Å². The molecule has 0 aliphatic heterocycles. The molecule has 0 fully saturated rings. The Labute approximate surface area is 274 Å². The SMILES string of the molecule is CCCC=Cc1cccc(N=C(C#CCCCCCC)C(CCCCCCCC)=Nc2cccc(C=CCCC)c2)c1.[Ni]. The first kappa shape index (κ1) is 38.3. The van der Waals surface area contributed by atoms with Gasteiger partial charge >= 0.3 is 0 Å². The fraction of sp³-hybridized carbons (Fsp3) is 0.500. The van der Waals surface area contributed by atoms with Crippen molar-refractivity contribution in [2.45, 2.75) is 130 Å². The summed E-state index contributed by atoms with van der Waals surface area (Å²) in [6.45, 7) is 8.94. The fourth-order valence-electron chi connectivity index (χ4n) is 4.70. The first-order valence-electron chi connectivity index (χ1n) is 16.9. The Morgan fingerprint density at radius 1 is 0.628 bits per heavy atom. The van der Waals surface area contributed by atoms with Gasteiger partial charge in [0.15, 0.2) is 0 Å². The summed E-state index contributed by atoms with van der Waals surface area (Å²) in [5.41, 5.74) is 6.11. The van der Waals surface area contributed by atoms with E-state index in [0.717, 1.165) is 74.2 Å². The van der Waals surface area contributed by atoms with Gasteiger partial charge in [0.1, 0.15) is 5.71 Å². The number of hydrogen-bond acceptors (Lipinski definition) is 2. The Hall–Kier alpha value is -2.69. The van der Waals surface area contributed by atoms with Crippen molar-refractivity contribution >= 4 is 35.0 Å². The molecule has 0 atom stereocenters. The molecule has 43 heavy (non-hydrogen) atoms. The van der Waals surface area contributed by atoms with E-state index in [9.17, 15) is 0 Å². The summed E-state index contributed by atoms with van der Waals surface area (Å²) in [7, 11) is 0. The third-order valence-electron chi connectivity index (χ3n) is 7.18. The van der Waals surface area contributed by atoms with Crippen LogP contribution in [0.3, 0.4) is 0 Å². The van der Waals surface area contributed by atoms with Crippen LogP contribution in [-0.4, -0.2) is 11.4 Å². The smallest absolute Gasteiger partial charge is 0.135 e. The largest absolute Gasteiger partial charge is 0.250 e. The van der Waals surface area contributed by atoms with Crippen LogP contribution in [-0.2, 0) is 16.5 Å². The number of hydrogen-bond donors (Lipinski definition) is 0. The Bertz CT molecular complexity index is 1190. The molecule has 0 aliphatic carbocycles. The number of aliphatic imine (C=N–C) groups is 2. The van der Waals surface area contributed by atoms with Crippen LogP contribution >= 0.6 is 0 Å². The average molecular weight is 624 g/mol. The zero-order chi connectivity index (χ0) is 30.1. The van der Waals surface area contributed by atoms with E-state index in [2.05, 4.69) is 112 Å². The second kappa shape index (κ2) is 25.8. The molecular weight excluding hydrogens is 567 g/mol. The van der Waals surface area contributed by atoms with E-state index < -0.39 is 0 Å². The van der Waals surface area contributed by atoms with Crippen molar-refractivity contribution < 1.29 is 16.5 Å². The van der Waals surface area contributed by atoms with E-state index in [1.54, 1.807) is 0 Å². The van der Waals surface area contributed by atoms with Gasteiger partial charge in [-0.05, 0) is 73.4 Å². The van der Waals surface area contributed by atoms with Crippen LogP contribution in [0.15, 0.2) is 70.7 Å². The minimum atomic E-state index is 0. The first-order chi connectivity index (χ1) is 20.7. The molecule has 0 bridgehead atoms. The van der Waals surface area contributed by atoms with Gasteiger partial charge in [-0.15, -0.1) is 0 Å². The molecule has 0 aromatic heterocycles. The molecule has 0 spiro atoms. The molecule has 0 amide bonds. The van der Waals surface area contributed by atoms with Crippen LogP contribution in [0.25, 0.3) is 12.2 Å². The summed E-state index contributed by atoms with van der Waals surface area (Å²) in [5.74, 6) is 6.96. The average Bonchev–Trinajstić information content (AvgIpc) is 3.00. The van der Waals surface area contributed by atoms with Crippen LogP contribution in [0.4, 0.5) is 11.4 Å². The number of rotatable bonds is 20. The summed E-state index contributed by atoms with van der Waals surface area (Å²) in [4.78, 5) is 10.4. The molecule has 2 aromatic rings. The minimum absolute atomic E-state index is 0. The molecule has 0 radical (unpaired) electrons. The Kier molecular flexibility index (Phi) is 23.0. The van der Waals surface area contributed by atoms with Crippen LogP contribution in [0.2, 0.25) is 0 Å². The zero-order valence-corrected chi connectivity index (χ0v) is 28.4. The Morgan fingerprint density at radius 2 is 1.16 bits per heavy atom. The normalized spacial score (nSPS) is 12.0. The van der Waals surface area contributed by atoms with Crippen LogP contribution < -0.4 is 0 Å². The Morgan fingerprint density at radius 3 is 1.74 bits per heavy atom. The maximum Gasteiger partial charge on any atom is 0.135 e. The van der Waals surface area contributed by atoms with Crippen molar-refractivity contribution in [3.63, 3.8) is 0 Å². The van der Waals surface area contributed by atoms with E-state index in [0.29, 0.717) is 0 Å². The standard InChI is InChI=1S/C40H56N2.Ni/c1-5-9-13-15-17-21-31-39(41-37-29-23-27-35(33-37)25-19-11-7-3)40(32-22-18-16-14-10-6-2)42-38-30-24-28-36(34-38)26-20-12-8-4;/h19-20,23-30,33-34H,5-18,21,31H2,1-4H3;. The second-order valence-electron chi connectivity index (χ2n) is 11.2. The van der Waals surface area contributed by atoms with E-state index in [-0.39, 0.29) is 16.5 Å².